The molecule has 1 aromatic rings. The number of likely N-dealkylation sites (N-methyl/N-ethyl adjacent to an activating group) is 1. The van der Waals surface area contributed by atoms with Crippen LogP contribution >= 0.6 is 15.9 Å². The van der Waals surface area contributed by atoms with Gasteiger partial charge in [-0.15, -0.1) is 0 Å². The van der Waals surface area contributed by atoms with Gasteiger partial charge in [-0.1, -0.05) is 0 Å². The maximum absolute atomic E-state index is 12.1. The second-order valence-corrected chi connectivity index (χ2v) is 7.32. The molecule has 1 amide bonds. The Morgan fingerprint density at radius 3 is 2.69 bits per heavy atom. The molecule has 0 radical (unpaired) electrons. The van der Waals surface area contributed by atoms with Crippen LogP contribution in [0.15, 0.2) is 16.9 Å². The van der Waals surface area contributed by atoms with Crippen LogP contribution in [0.25, 0.3) is 0 Å². The Morgan fingerprint density at radius 2 is 2.15 bits per heavy atom. The largest absolute Gasteiger partial charge is 0.444 e. The summed E-state index contributed by atoms with van der Waals surface area (Å²) in [6.07, 6.45) is 0.504. The van der Waals surface area contributed by atoms with E-state index in [0.29, 0.717) is 11.2 Å². The fraction of sp³-hybridized carbons (Fsp3) is 0.625. The van der Waals surface area contributed by atoms with Crippen molar-refractivity contribution >= 4 is 33.4 Å². The van der Waals surface area contributed by atoms with Gasteiger partial charge in [0, 0.05) is 32.5 Å². The highest BCUT2D eigenvalue weighted by Gasteiger charge is 2.23. The molecule has 0 saturated heterocycles. The van der Waals surface area contributed by atoms with E-state index in [1.807, 2.05) is 6.92 Å². The van der Waals surface area contributed by atoms with Gasteiger partial charge in [-0.3, -0.25) is 10.1 Å². The second kappa shape index (κ2) is 9.67. The van der Waals surface area contributed by atoms with Crippen molar-refractivity contribution in [1.29, 1.82) is 0 Å². The molecule has 146 valence electrons. The first-order valence-electron chi connectivity index (χ1n) is 8.13. The third kappa shape index (κ3) is 7.12. The third-order valence-corrected chi connectivity index (χ3v) is 3.77. The summed E-state index contributed by atoms with van der Waals surface area (Å²) < 4.78 is 11.3. The minimum atomic E-state index is -0.591. The standard InChI is InChI=1S/C16H25BrN4O5/c1-6-25-11(10-20(5)15(22)26-16(2,3)4)9-19-13-12(21(23)24)7-8-18-14(13)17/h7-8,11,19H,6,9-10H2,1-5H3/t11-/m1/s1. The number of pyridine rings is 1. The first-order chi connectivity index (χ1) is 12.0. The zero-order valence-electron chi connectivity index (χ0n) is 15.6. The number of aromatic nitrogens is 1. The van der Waals surface area contributed by atoms with Gasteiger partial charge in [0.25, 0.3) is 5.69 Å². The van der Waals surface area contributed by atoms with Gasteiger partial charge in [0.05, 0.1) is 17.6 Å². The van der Waals surface area contributed by atoms with Gasteiger partial charge in [0.1, 0.15) is 15.9 Å². The minimum absolute atomic E-state index is 0.0948. The minimum Gasteiger partial charge on any atom is -0.444 e. The number of amides is 1. The van der Waals surface area contributed by atoms with Gasteiger partial charge in [-0.2, -0.15) is 0 Å². The molecular weight excluding hydrogens is 408 g/mol. The van der Waals surface area contributed by atoms with Crippen LogP contribution in [0.4, 0.5) is 16.2 Å². The number of nitrogens with zero attached hydrogens (tertiary/aromatic N) is 3. The van der Waals surface area contributed by atoms with Crippen molar-refractivity contribution in [2.45, 2.75) is 39.4 Å². The van der Waals surface area contributed by atoms with Crippen LogP contribution in [0.1, 0.15) is 27.7 Å². The Hall–Kier alpha value is -1.94. The van der Waals surface area contributed by atoms with E-state index in [2.05, 4.69) is 26.2 Å². The predicted octanol–water partition coefficient (Wildman–Crippen LogP) is 3.44. The van der Waals surface area contributed by atoms with E-state index in [-0.39, 0.29) is 30.6 Å². The molecule has 0 aliphatic heterocycles. The summed E-state index contributed by atoms with van der Waals surface area (Å²) in [6, 6.07) is 1.32. The summed E-state index contributed by atoms with van der Waals surface area (Å²) in [5, 5.41) is 14.1. The Kier molecular flexibility index (Phi) is 8.22. The molecule has 0 aliphatic rings. The zero-order chi connectivity index (χ0) is 19.9. The van der Waals surface area contributed by atoms with E-state index in [1.54, 1.807) is 27.8 Å². The van der Waals surface area contributed by atoms with Crippen LogP contribution < -0.4 is 5.32 Å². The number of hydrogen-bond acceptors (Lipinski definition) is 7. The molecule has 0 spiro atoms. The average molecular weight is 433 g/mol. The molecule has 1 rings (SSSR count). The number of carbonyl (C=O) groups is 1. The van der Waals surface area contributed by atoms with Crippen molar-refractivity contribution in [3.8, 4) is 0 Å². The normalized spacial score (nSPS) is 12.4. The highest BCUT2D eigenvalue weighted by atomic mass is 79.9. The number of anilines is 1. The highest BCUT2D eigenvalue weighted by Crippen LogP contribution is 2.30. The molecular formula is C16H25BrN4O5. The summed E-state index contributed by atoms with van der Waals surface area (Å²) in [6.45, 7) is 8.17. The van der Waals surface area contributed by atoms with Crippen molar-refractivity contribution in [2.75, 3.05) is 32.1 Å². The molecule has 0 bridgehead atoms. The van der Waals surface area contributed by atoms with Crippen LogP contribution in [0, 0.1) is 10.1 Å². The van der Waals surface area contributed by atoms with Crippen LogP contribution in [-0.4, -0.2) is 59.3 Å². The van der Waals surface area contributed by atoms with Crippen molar-refractivity contribution < 1.29 is 19.2 Å². The van der Waals surface area contributed by atoms with Crippen molar-refractivity contribution in [1.82, 2.24) is 9.88 Å². The summed E-state index contributed by atoms with van der Waals surface area (Å²) in [7, 11) is 1.61. The number of nitro groups is 1. The monoisotopic (exact) mass is 432 g/mol. The van der Waals surface area contributed by atoms with Crippen molar-refractivity contribution in [3.63, 3.8) is 0 Å². The highest BCUT2D eigenvalue weighted by molar-refractivity contribution is 9.10. The zero-order valence-corrected chi connectivity index (χ0v) is 17.2. The van der Waals surface area contributed by atoms with Gasteiger partial charge in [-0.25, -0.2) is 9.78 Å². The summed E-state index contributed by atoms with van der Waals surface area (Å²) in [5.41, 5.74) is -0.420. The molecule has 1 N–H and O–H groups in total. The number of ether oxygens (including phenoxy) is 2. The first kappa shape index (κ1) is 22.1. The maximum atomic E-state index is 12.1. The average Bonchev–Trinajstić information content (AvgIpc) is 2.51. The van der Waals surface area contributed by atoms with Gasteiger partial charge in [0.2, 0.25) is 0 Å². The molecule has 26 heavy (non-hydrogen) atoms. The second-order valence-electron chi connectivity index (χ2n) is 6.57. The fourth-order valence-corrected chi connectivity index (χ4v) is 2.55. The topological polar surface area (TPSA) is 107 Å². The van der Waals surface area contributed by atoms with Crippen LogP contribution in [0.2, 0.25) is 0 Å². The Labute approximate surface area is 161 Å². The van der Waals surface area contributed by atoms with Crippen molar-refractivity contribution in [3.05, 3.63) is 27.0 Å². The number of halogens is 1. The van der Waals surface area contributed by atoms with E-state index in [4.69, 9.17) is 9.47 Å². The molecule has 1 atom stereocenters. The lowest BCUT2D eigenvalue weighted by Gasteiger charge is -2.27. The van der Waals surface area contributed by atoms with Gasteiger partial charge < -0.3 is 19.7 Å². The maximum Gasteiger partial charge on any atom is 0.410 e. The third-order valence-electron chi connectivity index (χ3n) is 3.17. The lowest BCUT2D eigenvalue weighted by Crippen LogP contribution is -2.41. The number of rotatable bonds is 8. The summed E-state index contributed by atoms with van der Waals surface area (Å²) in [5.74, 6) is 0. The van der Waals surface area contributed by atoms with Gasteiger partial charge in [0.15, 0.2) is 0 Å². The van der Waals surface area contributed by atoms with E-state index in [9.17, 15) is 14.9 Å². The predicted molar refractivity (Wildman–Crippen MR) is 101 cm³/mol. The van der Waals surface area contributed by atoms with Crippen LogP contribution in [0.3, 0.4) is 0 Å². The Morgan fingerprint density at radius 1 is 1.50 bits per heavy atom. The fourth-order valence-electron chi connectivity index (χ4n) is 2.09. The number of carbonyl (C=O) groups excluding carboxylic acids is 1. The molecule has 1 heterocycles. The molecule has 1 aromatic heterocycles. The van der Waals surface area contributed by atoms with E-state index >= 15 is 0 Å². The quantitative estimate of drug-likeness (QED) is 0.380. The summed E-state index contributed by atoms with van der Waals surface area (Å²) >= 11 is 3.21. The van der Waals surface area contributed by atoms with E-state index in [1.165, 1.54) is 17.2 Å². The molecule has 0 saturated carbocycles. The van der Waals surface area contributed by atoms with Crippen molar-refractivity contribution in [2.24, 2.45) is 0 Å². The molecule has 0 unspecified atom stereocenters. The molecule has 10 heteroatoms. The van der Waals surface area contributed by atoms with E-state index in [0.717, 1.165) is 0 Å². The van der Waals surface area contributed by atoms with Gasteiger partial charge >= 0.3 is 6.09 Å². The first-order valence-corrected chi connectivity index (χ1v) is 8.93. The molecule has 0 aliphatic carbocycles. The number of hydrogen-bond donors (Lipinski definition) is 1. The number of nitrogens with one attached hydrogen (secondary N) is 1. The molecule has 0 fully saturated rings. The van der Waals surface area contributed by atoms with Gasteiger partial charge in [-0.05, 0) is 43.6 Å². The smallest absolute Gasteiger partial charge is 0.410 e. The lowest BCUT2D eigenvalue weighted by molar-refractivity contribution is -0.384. The SMILES string of the molecule is CCO[C@H](CNc1c([N+](=O)[O-])ccnc1Br)CN(C)C(=O)OC(C)(C)C. The van der Waals surface area contributed by atoms with Crippen LogP contribution in [0.5, 0.6) is 0 Å². The Balaban J connectivity index is 2.78. The van der Waals surface area contributed by atoms with Crippen LogP contribution in [-0.2, 0) is 9.47 Å². The Bertz CT molecular complexity index is 636. The molecule has 9 nitrogen and oxygen atoms in total. The van der Waals surface area contributed by atoms with E-state index < -0.39 is 16.6 Å². The summed E-state index contributed by atoms with van der Waals surface area (Å²) in [4.78, 5) is 28.2. The lowest BCUT2D eigenvalue weighted by atomic mass is 10.2. The molecule has 0 aromatic carbocycles.